The lowest BCUT2D eigenvalue weighted by Gasteiger charge is -2.21. The molecule has 612 valence electrons. The molecule has 0 spiro atoms. The standard InChI is InChI=1S/C84H164O17P2/c1-9-75(6)61-53-45-37-33-29-25-21-17-13-15-18-22-26-30-34-38-48-56-64-81(86)94-70-80(101-84(89)67-59-51-43-41-47-55-63-77(8)11-3)73-99-103(92,93)97-69-78(85)68-96-102(90,91)98-72-79(71-95-82(87)65-57-49-42-40-46-54-62-76(7)10-2)100-83(88)66-58-50-39-35-31-27-23-19-14-12-16-20-24-28-32-36-44-52-60-74(4)5/h74-80,85H,9-73H2,1-8H3,(H,90,91)(H,92,93)/t75?,76?,77?,78-,79+,80+/m0/s1. The average Bonchev–Trinajstić information content (AvgIpc) is 0.914. The number of hydrogen-bond donors (Lipinski definition) is 3. The zero-order valence-electron chi connectivity index (χ0n) is 68.0. The van der Waals surface area contributed by atoms with Gasteiger partial charge in [-0.15, -0.1) is 0 Å². The molecule has 5 unspecified atom stereocenters. The van der Waals surface area contributed by atoms with E-state index in [4.69, 9.17) is 37.0 Å². The van der Waals surface area contributed by atoms with E-state index in [1.165, 1.54) is 231 Å². The van der Waals surface area contributed by atoms with Crippen molar-refractivity contribution in [2.24, 2.45) is 23.7 Å². The second-order valence-corrected chi connectivity index (χ2v) is 34.3. The van der Waals surface area contributed by atoms with Gasteiger partial charge in [0.05, 0.1) is 26.4 Å². The number of unbranched alkanes of at least 4 members (excludes halogenated alkanes) is 44. The van der Waals surface area contributed by atoms with Crippen LogP contribution in [-0.4, -0.2) is 96.7 Å². The lowest BCUT2D eigenvalue weighted by atomic mass is 9.99. The lowest BCUT2D eigenvalue weighted by molar-refractivity contribution is -0.161. The Hall–Kier alpha value is -1.94. The van der Waals surface area contributed by atoms with Gasteiger partial charge in [0.2, 0.25) is 0 Å². The second-order valence-electron chi connectivity index (χ2n) is 31.4. The monoisotopic (exact) mass is 1510 g/mol. The minimum atomic E-state index is -4.96. The van der Waals surface area contributed by atoms with Gasteiger partial charge in [0, 0.05) is 25.7 Å². The molecular formula is C84H164O17P2. The Kier molecular flexibility index (Phi) is 71.5. The van der Waals surface area contributed by atoms with Crippen molar-refractivity contribution >= 4 is 39.5 Å². The van der Waals surface area contributed by atoms with Crippen molar-refractivity contribution in [3.05, 3.63) is 0 Å². The van der Waals surface area contributed by atoms with Gasteiger partial charge in [0.15, 0.2) is 12.2 Å². The third-order valence-electron chi connectivity index (χ3n) is 20.7. The highest BCUT2D eigenvalue weighted by atomic mass is 31.2. The van der Waals surface area contributed by atoms with Gasteiger partial charge < -0.3 is 33.8 Å². The summed E-state index contributed by atoms with van der Waals surface area (Å²) in [6.45, 7) is 14.3. The van der Waals surface area contributed by atoms with E-state index in [1.807, 2.05) is 0 Å². The maximum absolute atomic E-state index is 13.1. The topological polar surface area (TPSA) is 237 Å². The van der Waals surface area contributed by atoms with Crippen molar-refractivity contribution in [1.82, 2.24) is 0 Å². The SMILES string of the molecule is CCC(C)CCCCCCCCCCCCCCCCCCCCC(=O)OC[C@H](COP(=O)(O)OC[C@@H](O)COP(=O)(O)OC[C@@H](COC(=O)CCCCCCCCC(C)CC)OC(=O)CCCCCCCCCCCCCCCCCCCCC(C)C)OC(=O)CCCCCCCCC(C)CC. The molecule has 0 heterocycles. The van der Waals surface area contributed by atoms with Gasteiger partial charge in [-0.2, -0.15) is 0 Å². The lowest BCUT2D eigenvalue weighted by Crippen LogP contribution is -2.30. The molecule has 0 amide bonds. The van der Waals surface area contributed by atoms with Gasteiger partial charge >= 0.3 is 39.5 Å². The minimum absolute atomic E-state index is 0.103. The molecule has 8 atom stereocenters. The number of ether oxygens (including phenoxy) is 4. The third-order valence-corrected chi connectivity index (χ3v) is 22.6. The van der Waals surface area contributed by atoms with Crippen molar-refractivity contribution < 1.29 is 80.2 Å². The Labute approximate surface area is 632 Å². The molecule has 0 rings (SSSR count). The zero-order chi connectivity index (χ0) is 76.0. The Morgan fingerprint density at radius 1 is 0.272 bits per heavy atom. The first-order chi connectivity index (χ1) is 49.7. The summed E-state index contributed by atoms with van der Waals surface area (Å²) in [5.74, 6) is 1.03. The van der Waals surface area contributed by atoms with Gasteiger partial charge in [-0.3, -0.25) is 37.3 Å². The Bertz CT molecular complexity index is 2010. The number of phosphoric ester groups is 2. The second kappa shape index (κ2) is 72.9. The molecule has 0 fully saturated rings. The number of rotatable bonds is 81. The van der Waals surface area contributed by atoms with Gasteiger partial charge in [0.25, 0.3) is 0 Å². The van der Waals surface area contributed by atoms with Crippen LogP contribution in [0.1, 0.15) is 434 Å². The summed E-state index contributed by atoms with van der Waals surface area (Å²) in [4.78, 5) is 73.0. The van der Waals surface area contributed by atoms with Crippen molar-refractivity contribution in [1.29, 1.82) is 0 Å². The molecule has 0 aromatic rings. The molecule has 0 aliphatic carbocycles. The molecule has 0 aliphatic heterocycles. The third kappa shape index (κ3) is 74.0. The van der Waals surface area contributed by atoms with E-state index in [1.54, 1.807) is 0 Å². The van der Waals surface area contributed by atoms with Crippen LogP contribution in [0.4, 0.5) is 0 Å². The van der Waals surface area contributed by atoms with Gasteiger partial charge in [-0.25, -0.2) is 9.13 Å². The van der Waals surface area contributed by atoms with E-state index in [2.05, 4.69) is 55.4 Å². The van der Waals surface area contributed by atoms with Crippen LogP contribution in [-0.2, 0) is 65.4 Å². The number of carbonyl (C=O) groups is 4. The molecule has 0 radical (unpaired) electrons. The first-order valence-corrected chi connectivity index (χ1v) is 46.3. The number of hydrogen-bond acceptors (Lipinski definition) is 15. The van der Waals surface area contributed by atoms with E-state index in [-0.39, 0.29) is 25.7 Å². The van der Waals surface area contributed by atoms with Crippen molar-refractivity contribution in [3.8, 4) is 0 Å². The predicted molar refractivity (Wildman–Crippen MR) is 423 cm³/mol. The highest BCUT2D eigenvalue weighted by Crippen LogP contribution is 2.45. The first-order valence-electron chi connectivity index (χ1n) is 43.3. The summed E-state index contributed by atoms with van der Waals surface area (Å²) in [6, 6.07) is 0. The summed E-state index contributed by atoms with van der Waals surface area (Å²) >= 11 is 0. The van der Waals surface area contributed by atoms with Crippen LogP contribution in [0.5, 0.6) is 0 Å². The fourth-order valence-corrected chi connectivity index (χ4v) is 14.4. The molecule has 3 N–H and O–H groups in total. The van der Waals surface area contributed by atoms with Crippen LogP contribution in [0.15, 0.2) is 0 Å². The van der Waals surface area contributed by atoms with Crippen LogP contribution < -0.4 is 0 Å². The molecule has 17 nitrogen and oxygen atoms in total. The van der Waals surface area contributed by atoms with Crippen LogP contribution in [0.25, 0.3) is 0 Å². The quantitative estimate of drug-likeness (QED) is 0.0222. The normalized spacial score (nSPS) is 14.8. The number of esters is 4. The van der Waals surface area contributed by atoms with Gasteiger partial charge in [-0.1, -0.05) is 383 Å². The zero-order valence-corrected chi connectivity index (χ0v) is 69.7. The van der Waals surface area contributed by atoms with E-state index in [9.17, 15) is 43.2 Å². The van der Waals surface area contributed by atoms with E-state index in [0.29, 0.717) is 25.7 Å². The smallest absolute Gasteiger partial charge is 0.462 e. The number of aliphatic hydroxyl groups is 1. The van der Waals surface area contributed by atoms with Crippen LogP contribution in [0, 0.1) is 23.7 Å². The average molecular weight is 1510 g/mol. The molecule has 0 saturated heterocycles. The minimum Gasteiger partial charge on any atom is -0.462 e. The van der Waals surface area contributed by atoms with E-state index < -0.39 is 97.5 Å². The van der Waals surface area contributed by atoms with Gasteiger partial charge in [0.1, 0.15) is 19.3 Å². The fraction of sp³-hybridized carbons (Fsp3) is 0.952. The number of phosphoric acid groups is 2. The summed E-state index contributed by atoms with van der Waals surface area (Å²) in [5, 5.41) is 10.6. The summed E-state index contributed by atoms with van der Waals surface area (Å²) < 4.78 is 68.7. The summed E-state index contributed by atoms with van der Waals surface area (Å²) in [5.41, 5.74) is 0. The Balaban J connectivity index is 5.11. The van der Waals surface area contributed by atoms with Crippen LogP contribution >= 0.6 is 15.6 Å². The van der Waals surface area contributed by atoms with Crippen LogP contribution in [0.3, 0.4) is 0 Å². The molecule has 0 aromatic heterocycles. The first kappa shape index (κ1) is 101. The molecular weight excluding hydrogens is 1340 g/mol. The molecule has 0 aliphatic rings. The Morgan fingerprint density at radius 2 is 0.466 bits per heavy atom. The number of carbonyl (C=O) groups excluding carboxylic acids is 4. The van der Waals surface area contributed by atoms with Crippen molar-refractivity contribution in [2.45, 2.75) is 453 Å². The summed E-state index contributed by atoms with van der Waals surface area (Å²) in [7, 11) is -9.92. The largest absolute Gasteiger partial charge is 0.472 e. The molecule has 103 heavy (non-hydrogen) atoms. The molecule has 0 saturated carbocycles. The van der Waals surface area contributed by atoms with Crippen molar-refractivity contribution in [3.63, 3.8) is 0 Å². The molecule has 19 heteroatoms. The number of aliphatic hydroxyl groups excluding tert-OH is 1. The molecule has 0 aromatic carbocycles. The predicted octanol–water partition coefficient (Wildman–Crippen LogP) is 25.2. The van der Waals surface area contributed by atoms with E-state index in [0.717, 1.165) is 120 Å². The maximum atomic E-state index is 13.1. The maximum Gasteiger partial charge on any atom is 0.472 e. The van der Waals surface area contributed by atoms with E-state index >= 15 is 0 Å². The Morgan fingerprint density at radius 3 is 0.689 bits per heavy atom. The van der Waals surface area contributed by atoms with Crippen LogP contribution in [0.2, 0.25) is 0 Å². The highest BCUT2D eigenvalue weighted by molar-refractivity contribution is 7.47. The fourth-order valence-electron chi connectivity index (χ4n) is 12.9. The highest BCUT2D eigenvalue weighted by Gasteiger charge is 2.30. The van der Waals surface area contributed by atoms with Gasteiger partial charge in [-0.05, 0) is 49.4 Å². The molecule has 0 bridgehead atoms. The summed E-state index contributed by atoms with van der Waals surface area (Å²) in [6.07, 6.45) is 61.4. The van der Waals surface area contributed by atoms with Crippen molar-refractivity contribution in [2.75, 3.05) is 39.6 Å².